The van der Waals surface area contributed by atoms with Gasteiger partial charge in [-0.25, -0.2) is 4.39 Å². The minimum absolute atomic E-state index is 0.0845. The molecule has 9 heteroatoms. The summed E-state index contributed by atoms with van der Waals surface area (Å²) in [6.07, 6.45) is -4.65. The number of carbonyl (C=O) groups excluding carboxylic acids is 1. The first-order valence-electron chi connectivity index (χ1n) is 7.90. The molecule has 0 unspecified atom stereocenters. The van der Waals surface area contributed by atoms with Crippen molar-refractivity contribution in [2.24, 2.45) is 0 Å². The van der Waals surface area contributed by atoms with E-state index in [1.165, 1.54) is 29.2 Å². The molecular formula is C18H17ClF4N2O2. The third kappa shape index (κ3) is 6.11. The summed E-state index contributed by atoms with van der Waals surface area (Å²) in [5.74, 6) is -1.08. The SMILES string of the molecule is CN(CCOc1ccccc1F)CC(=O)Nc1c(Cl)cccc1C(F)(F)F. The smallest absolute Gasteiger partial charge is 0.418 e. The predicted octanol–water partition coefficient (Wildman–Crippen LogP) is 4.45. The number of hydrogen-bond acceptors (Lipinski definition) is 3. The lowest BCUT2D eigenvalue weighted by molar-refractivity contribution is -0.137. The van der Waals surface area contributed by atoms with Gasteiger partial charge in [0.2, 0.25) is 5.91 Å². The maximum atomic E-state index is 13.4. The molecule has 1 amide bonds. The second kappa shape index (κ2) is 9.05. The number of likely N-dealkylation sites (N-methyl/N-ethyl adjacent to an activating group) is 1. The average molecular weight is 405 g/mol. The third-order valence-electron chi connectivity index (χ3n) is 3.56. The van der Waals surface area contributed by atoms with Crippen molar-refractivity contribution in [2.75, 3.05) is 32.1 Å². The summed E-state index contributed by atoms with van der Waals surface area (Å²) in [5, 5.41) is 2.00. The molecule has 0 atom stereocenters. The highest BCUT2D eigenvalue weighted by Gasteiger charge is 2.34. The lowest BCUT2D eigenvalue weighted by Gasteiger charge is -2.19. The number of amides is 1. The van der Waals surface area contributed by atoms with E-state index in [1.54, 1.807) is 13.1 Å². The molecule has 0 aliphatic heterocycles. The van der Waals surface area contributed by atoms with E-state index in [9.17, 15) is 22.4 Å². The number of benzene rings is 2. The number of hydrogen-bond donors (Lipinski definition) is 1. The molecule has 0 aliphatic rings. The number of ether oxygens (including phenoxy) is 1. The molecule has 0 aromatic heterocycles. The summed E-state index contributed by atoms with van der Waals surface area (Å²) in [4.78, 5) is 13.6. The monoisotopic (exact) mass is 404 g/mol. The number of para-hydroxylation sites is 2. The van der Waals surface area contributed by atoms with Crippen LogP contribution >= 0.6 is 11.6 Å². The topological polar surface area (TPSA) is 41.6 Å². The molecule has 2 aromatic rings. The molecule has 27 heavy (non-hydrogen) atoms. The van der Waals surface area contributed by atoms with Crippen LogP contribution < -0.4 is 10.1 Å². The van der Waals surface area contributed by atoms with Gasteiger partial charge in [-0.05, 0) is 31.3 Å². The Hall–Kier alpha value is -2.32. The molecule has 0 saturated carbocycles. The highest BCUT2D eigenvalue weighted by Crippen LogP contribution is 2.38. The molecule has 2 rings (SSSR count). The number of nitrogens with one attached hydrogen (secondary N) is 1. The van der Waals surface area contributed by atoms with Crippen LogP contribution in [0.15, 0.2) is 42.5 Å². The highest BCUT2D eigenvalue weighted by atomic mass is 35.5. The number of anilines is 1. The highest BCUT2D eigenvalue weighted by molar-refractivity contribution is 6.34. The Balaban J connectivity index is 1.90. The van der Waals surface area contributed by atoms with Gasteiger partial charge in [-0.1, -0.05) is 29.8 Å². The molecule has 1 N–H and O–H groups in total. The normalized spacial score (nSPS) is 11.5. The Labute approximate surface area is 158 Å². The quantitative estimate of drug-likeness (QED) is 0.693. The Morgan fingerprint density at radius 3 is 2.56 bits per heavy atom. The number of alkyl halides is 3. The van der Waals surface area contributed by atoms with E-state index in [4.69, 9.17) is 16.3 Å². The first-order valence-corrected chi connectivity index (χ1v) is 8.27. The van der Waals surface area contributed by atoms with Gasteiger partial charge in [-0.2, -0.15) is 13.2 Å². The number of halogens is 5. The van der Waals surface area contributed by atoms with Crippen LogP contribution in [-0.2, 0) is 11.0 Å². The second-order valence-electron chi connectivity index (χ2n) is 5.72. The van der Waals surface area contributed by atoms with Gasteiger partial charge < -0.3 is 10.1 Å². The van der Waals surface area contributed by atoms with E-state index in [0.717, 1.165) is 12.1 Å². The van der Waals surface area contributed by atoms with E-state index in [-0.39, 0.29) is 30.5 Å². The van der Waals surface area contributed by atoms with E-state index >= 15 is 0 Å². The van der Waals surface area contributed by atoms with Crippen molar-refractivity contribution in [3.63, 3.8) is 0 Å². The van der Waals surface area contributed by atoms with Gasteiger partial charge in [-0.15, -0.1) is 0 Å². The Kier molecular flexibility index (Phi) is 7.04. The van der Waals surface area contributed by atoms with Crippen molar-refractivity contribution < 1.29 is 27.1 Å². The molecule has 0 spiro atoms. The standard InChI is InChI=1S/C18H17ClF4N2O2/c1-25(9-10-27-15-8-3-2-7-14(15)20)11-16(26)24-17-12(18(21,22)23)5-4-6-13(17)19/h2-8H,9-11H2,1H3,(H,24,26). The molecule has 0 fully saturated rings. The Morgan fingerprint density at radius 2 is 1.89 bits per heavy atom. The Morgan fingerprint density at radius 1 is 1.19 bits per heavy atom. The predicted molar refractivity (Wildman–Crippen MR) is 94.5 cm³/mol. The molecule has 0 aliphatic carbocycles. The zero-order valence-corrected chi connectivity index (χ0v) is 15.1. The van der Waals surface area contributed by atoms with Gasteiger partial charge >= 0.3 is 6.18 Å². The number of nitrogens with zero attached hydrogens (tertiary/aromatic N) is 1. The van der Waals surface area contributed by atoms with Gasteiger partial charge in [0.1, 0.15) is 6.61 Å². The molecule has 146 valence electrons. The van der Waals surface area contributed by atoms with E-state index in [1.807, 2.05) is 0 Å². The van der Waals surface area contributed by atoms with Crippen LogP contribution in [0.1, 0.15) is 5.56 Å². The maximum Gasteiger partial charge on any atom is 0.418 e. The van der Waals surface area contributed by atoms with Gasteiger partial charge in [-0.3, -0.25) is 9.69 Å². The van der Waals surface area contributed by atoms with Crippen molar-refractivity contribution in [1.82, 2.24) is 4.90 Å². The summed E-state index contributed by atoms with van der Waals surface area (Å²) in [6.45, 7) is 0.171. The molecule has 4 nitrogen and oxygen atoms in total. The van der Waals surface area contributed by atoms with Crippen LogP contribution in [0.25, 0.3) is 0 Å². The minimum atomic E-state index is -4.65. The van der Waals surface area contributed by atoms with E-state index < -0.39 is 29.2 Å². The first-order chi connectivity index (χ1) is 12.7. The lowest BCUT2D eigenvalue weighted by Crippen LogP contribution is -2.33. The lowest BCUT2D eigenvalue weighted by atomic mass is 10.1. The fraction of sp³-hybridized carbons (Fsp3) is 0.278. The van der Waals surface area contributed by atoms with Gasteiger partial charge in [0.25, 0.3) is 0 Å². The summed E-state index contributed by atoms with van der Waals surface area (Å²) >= 11 is 5.80. The molecule has 0 heterocycles. The summed E-state index contributed by atoms with van der Waals surface area (Å²) in [7, 11) is 1.58. The third-order valence-corrected chi connectivity index (χ3v) is 3.88. The number of rotatable bonds is 7. The van der Waals surface area contributed by atoms with Crippen LogP contribution in [0, 0.1) is 5.82 Å². The minimum Gasteiger partial charge on any atom is -0.489 e. The second-order valence-corrected chi connectivity index (χ2v) is 6.13. The van der Waals surface area contributed by atoms with Gasteiger partial charge in [0, 0.05) is 6.54 Å². The Bertz CT molecular complexity index is 799. The maximum absolute atomic E-state index is 13.4. The zero-order valence-electron chi connectivity index (χ0n) is 14.3. The first kappa shape index (κ1) is 21.0. The van der Waals surface area contributed by atoms with Crippen molar-refractivity contribution in [1.29, 1.82) is 0 Å². The van der Waals surface area contributed by atoms with Crippen LogP contribution in [0.3, 0.4) is 0 Å². The molecule has 0 bridgehead atoms. The van der Waals surface area contributed by atoms with Crippen molar-refractivity contribution in [2.45, 2.75) is 6.18 Å². The van der Waals surface area contributed by atoms with Crippen LogP contribution in [0.2, 0.25) is 5.02 Å². The summed E-state index contributed by atoms with van der Waals surface area (Å²) in [5.41, 5.74) is -1.50. The summed E-state index contributed by atoms with van der Waals surface area (Å²) < 4.78 is 57.8. The van der Waals surface area contributed by atoms with Gasteiger partial charge in [0.15, 0.2) is 11.6 Å². The molecule has 0 radical (unpaired) electrons. The van der Waals surface area contributed by atoms with E-state index in [2.05, 4.69) is 5.32 Å². The van der Waals surface area contributed by atoms with Crippen LogP contribution in [-0.4, -0.2) is 37.6 Å². The fourth-order valence-corrected chi connectivity index (χ4v) is 2.49. The van der Waals surface area contributed by atoms with Crippen molar-refractivity contribution in [3.05, 3.63) is 58.9 Å². The van der Waals surface area contributed by atoms with Crippen molar-refractivity contribution >= 4 is 23.2 Å². The largest absolute Gasteiger partial charge is 0.489 e. The van der Waals surface area contributed by atoms with E-state index in [0.29, 0.717) is 0 Å². The van der Waals surface area contributed by atoms with Gasteiger partial charge in [0.05, 0.1) is 22.8 Å². The van der Waals surface area contributed by atoms with Crippen LogP contribution in [0.5, 0.6) is 5.75 Å². The fourth-order valence-electron chi connectivity index (χ4n) is 2.26. The molecule has 0 saturated heterocycles. The number of carbonyl (C=O) groups is 1. The average Bonchev–Trinajstić information content (AvgIpc) is 2.57. The molecular weight excluding hydrogens is 388 g/mol. The van der Waals surface area contributed by atoms with Crippen LogP contribution in [0.4, 0.5) is 23.2 Å². The summed E-state index contributed by atoms with van der Waals surface area (Å²) in [6, 6.07) is 9.14. The zero-order chi connectivity index (χ0) is 20.0. The molecule has 2 aromatic carbocycles. The van der Waals surface area contributed by atoms with Crippen molar-refractivity contribution in [3.8, 4) is 5.75 Å².